The van der Waals surface area contributed by atoms with E-state index >= 15 is 0 Å². The number of H-pyrrole nitrogens is 1. The van der Waals surface area contributed by atoms with Crippen LogP contribution >= 0.6 is 0 Å². The first-order chi connectivity index (χ1) is 9.64. The van der Waals surface area contributed by atoms with Gasteiger partial charge in [0.2, 0.25) is 11.7 Å². The van der Waals surface area contributed by atoms with Crippen LogP contribution < -0.4 is 0 Å². The van der Waals surface area contributed by atoms with Gasteiger partial charge < -0.3 is 9.80 Å². The molecule has 7 nitrogen and oxygen atoms in total. The molecule has 0 bridgehead atoms. The monoisotopic (exact) mass is 307 g/mol. The van der Waals surface area contributed by atoms with Crippen LogP contribution in [0.25, 0.3) is 0 Å². The number of hydrogen-bond donors (Lipinski definition) is 1. The number of halogens is 3. The lowest BCUT2D eigenvalue weighted by atomic mass is 10.3. The van der Waals surface area contributed by atoms with E-state index in [1.165, 1.54) is 14.1 Å². The van der Waals surface area contributed by atoms with E-state index in [0.717, 1.165) is 4.90 Å². The maximum Gasteiger partial charge on any atom is 0.406 e. The number of nitrogens with zero attached hydrogens (tertiary/aromatic N) is 4. The van der Waals surface area contributed by atoms with E-state index in [-0.39, 0.29) is 5.82 Å². The standard InChI is InChI=1S/C11H16F3N5O2/c1-4-7-15-9(17-16-7)10(21)19(6-11(12,13)14)5-8(20)18(2)3/h4-6H2,1-3H3,(H,15,16,17). The number of carbonyl (C=O) groups excluding carboxylic acids is 2. The SMILES string of the molecule is CCc1nc(C(=O)N(CC(=O)N(C)C)CC(F)(F)F)n[nH]1. The van der Waals surface area contributed by atoms with Gasteiger partial charge in [-0.25, -0.2) is 4.98 Å². The minimum atomic E-state index is -4.62. The first kappa shape index (κ1) is 16.9. The Hall–Kier alpha value is -2.13. The van der Waals surface area contributed by atoms with Crippen LogP contribution in [-0.4, -0.2) is 70.2 Å². The predicted octanol–water partition coefficient (Wildman–Crippen LogP) is 0.460. The Labute approximate surface area is 119 Å². The molecule has 0 saturated heterocycles. The molecule has 0 aliphatic heterocycles. The molecule has 0 unspecified atom stereocenters. The average Bonchev–Trinajstić information content (AvgIpc) is 2.83. The van der Waals surface area contributed by atoms with Gasteiger partial charge in [0.1, 0.15) is 18.9 Å². The van der Waals surface area contributed by atoms with Crippen molar-refractivity contribution in [1.82, 2.24) is 25.0 Å². The van der Waals surface area contributed by atoms with Crippen molar-refractivity contribution in [3.63, 3.8) is 0 Å². The molecule has 1 aromatic rings. The second-order valence-electron chi connectivity index (χ2n) is 4.52. The van der Waals surface area contributed by atoms with Crippen LogP contribution in [0.1, 0.15) is 23.4 Å². The number of nitrogens with one attached hydrogen (secondary N) is 1. The quantitative estimate of drug-likeness (QED) is 0.857. The van der Waals surface area contributed by atoms with Gasteiger partial charge in [-0.2, -0.15) is 13.2 Å². The van der Waals surface area contributed by atoms with E-state index in [1.54, 1.807) is 6.92 Å². The third-order valence-electron chi connectivity index (χ3n) is 2.54. The summed E-state index contributed by atoms with van der Waals surface area (Å²) < 4.78 is 37.6. The molecular weight excluding hydrogens is 291 g/mol. The van der Waals surface area contributed by atoms with Gasteiger partial charge in [-0.3, -0.25) is 14.7 Å². The molecule has 1 rings (SSSR count). The summed E-state index contributed by atoms with van der Waals surface area (Å²) >= 11 is 0. The first-order valence-electron chi connectivity index (χ1n) is 6.11. The fourth-order valence-electron chi connectivity index (χ4n) is 1.41. The molecule has 0 aliphatic rings. The molecule has 1 heterocycles. The minimum absolute atomic E-state index is 0.379. The fraction of sp³-hybridized carbons (Fsp3) is 0.636. The number of hydrogen-bond acceptors (Lipinski definition) is 4. The second-order valence-corrected chi connectivity index (χ2v) is 4.52. The summed E-state index contributed by atoms with van der Waals surface area (Å²) in [6, 6.07) is 0. The molecule has 0 aliphatic carbocycles. The summed E-state index contributed by atoms with van der Waals surface area (Å²) in [5.74, 6) is -1.68. The van der Waals surface area contributed by atoms with E-state index in [0.29, 0.717) is 17.1 Å². The fourth-order valence-corrected chi connectivity index (χ4v) is 1.41. The van der Waals surface area contributed by atoms with Gasteiger partial charge in [0.05, 0.1) is 0 Å². The minimum Gasteiger partial charge on any atom is -0.347 e. The van der Waals surface area contributed by atoms with Crippen LogP contribution in [0.15, 0.2) is 0 Å². The molecule has 0 atom stereocenters. The van der Waals surface area contributed by atoms with Crippen LogP contribution in [0, 0.1) is 0 Å². The molecule has 0 radical (unpaired) electrons. The maximum absolute atomic E-state index is 12.5. The molecule has 0 spiro atoms. The first-order valence-corrected chi connectivity index (χ1v) is 6.11. The number of aromatic amines is 1. The Morgan fingerprint density at radius 3 is 2.33 bits per heavy atom. The lowest BCUT2D eigenvalue weighted by Gasteiger charge is -2.23. The summed E-state index contributed by atoms with van der Waals surface area (Å²) in [6.07, 6.45) is -4.16. The average molecular weight is 307 g/mol. The summed E-state index contributed by atoms with van der Waals surface area (Å²) in [5.41, 5.74) is 0. The number of rotatable bonds is 5. The largest absolute Gasteiger partial charge is 0.406 e. The van der Waals surface area contributed by atoms with Crippen LogP contribution in [0.3, 0.4) is 0 Å². The highest BCUT2D eigenvalue weighted by atomic mass is 19.4. The van der Waals surface area contributed by atoms with Gasteiger partial charge in [0.25, 0.3) is 5.91 Å². The van der Waals surface area contributed by atoms with Crippen LogP contribution in [-0.2, 0) is 11.2 Å². The summed E-state index contributed by atoms with van der Waals surface area (Å²) in [7, 11) is 2.78. The lowest BCUT2D eigenvalue weighted by molar-refractivity contribution is -0.146. The van der Waals surface area contributed by atoms with E-state index in [1.807, 2.05) is 0 Å². The molecule has 1 N–H and O–H groups in total. The number of carbonyl (C=O) groups is 2. The Kier molecular flexibility index (Phi) is 5.28. The van der Waals surface area contributed by atoms with Crippen LogP contribution in [0.2, 0.25) is 0 Å². The van der Waals surface area contributed by atoms with Crippen molar-refractivity contribution >= 4 is 11.8 Å². The third-order valence-corrected chi connectivity index (χ3v) is 2.54. The normalized spacial score (nSPS) is 11.3. The van der Waals surface area contributed by atoms with Gasteiger partial charge in [-0.1, -0.05) is 6.92 Å². The van der Waals surface area contributed by atoms with E-state index in [9.17, 15) is 22.8 Å². The number of alkyl halides is 3. The van der Waals surface area contributed by atoms with Crippen LogP contribution in [0.4, 0.5) is 13.2 Å². The van der Waals surface area contributed by atoms with Crippen molar-refractivity contribution in [3.8, 4) is 0 Å². The van der Waals surface area contributed by atoms with Gasteiger partial charge >= 0.3 is 6.18 Å². The Balaban J connectivity index is 2.93. The van der Waals surface area contributed by atoms with Crippen molar-refractivity contribution in [2.75, 3.05) is 27.2 Å². The molecule has 21 heavy (non-hydrogen) atoms. The molecule has 0 saturated carbocycles. The third kappa shape index (κ3) is 5.04. The van der Waals surface area contributed by atoms with Crippen molar-refractivity contribution in [2.45, 2.75) is 19.5 Å². The lowest BCUT2D eigenvalue weighted by Crippen LogP contribution is -2.45. The molecule has 118 valence electrons. The predicted molar refractivity (Wildman–Crippen MR) is 66.4 cm³/mol. The zero-order valence-corrected chi connectivity index (χ0v) is 11.9. The number of aryl methyl sites for hydroxylation is 1. The highest BCUT2D eigenvalue weighted by Gasteiger charge is 2.35. The molecule has 10 heteroatoms. The topological polar surface area (TPSA) is 82.2 Å². The second kappa shape index (κ2) is 6.55. The van der Waals surface area contributed by atoms with E-state index in [4.69, 9.17) is 0 Å². The van der Waals surface area contributed by atoms with Crippen molar-refractivity contribution in [1.29, 1.82) is 0 Å². The van der Waals surface area contributed by atoms with Gasteiger partial charge in [0.15, 0.2) is 0 Å². The molecule has 2 amide bonds. The Morgan fingerprint density at radius 1 is 1.29 bits per heavy atom. The number of aromatic nitrogens is 3. The molecular formula is C11H16F3N5O2. The molecule has 0 fully saturated rings. The van der Waals surface area contributed by atoms with Gasteiger partial charge in [0, 0.05) is 20.5 Å². The van der Waals surface area contributed by atoms with Gasteiger partial charge in [-0.05, 0) is 0 Å². The highest BCUT2D eigenvalue weighted by molar-refractivity contribution is 5.93. The zero-order valence-electron chi connectivity index (χ0n) is 11.9. The van der Waals surface area contributed by atoms with Crippen molar-refractivity contribution in [2.24, 2.45) is 0 Å². The van der Waals surface area contributed by atoms with Crippen molar-refractivity contribution in [3.05, 3.63) is 11.6 Å². The van der Waals surface area contributed by atoms with E-state index < -0.39 is 31.1 Å². The summed E-state index contributed by atoms with van der Waals surface area (Å²) in [4.78, 5) is 28.8. The van der Waals surface area contributed by atoms with Gasteiger partial charge in [-0.15, -0.1) is 5.10 Å². The Morgan fingerprint density at radius 2 is 1.90 bits per heavy atom. The summed E-state index contributed by atoms with van der Waals surface area (Å²) in [5, 5.41) is 6.02. The molecule has 0 aromatic carbocycles. The maximum atomic E-state index is 12.5. The smallest absolute Gasteiger partial charge is 0.347 e. The summed E-state index contributed by atoms with van der Waals surface area (Å²) in [6.45, 7) is -0.486. The highest BCUT2D eigenvalue weighted by Crippen LogP contribution is 2.17. The van der Waals surface area contributed by atoms with E-state index in [2.05, 4.69) is 15.2 Å². The Bertz CT molecular complexity index is 512. The zero-order chi connectivity index (χ0) is 16.2. The number of likely N-dealkylation sites (N-methyl/N-ethyl adjacent to an activating group) is 1. The number of amides is 2. The van der Waals surface area contributed by atoms with Crippen LogP contribution in [0.5, 0.6) is 0 Å². The molecule has 1 aromatic heterocycles. The van der Waals surface area contributed by atoms with Crippen molar-refractivity contribution < 1.29 is 22.8 Å².